The normalized spacial score (nSPS) is 16.0. The van der Waals surface area contributed by atoms with Crippen LogP contribution in [0.1, 0.15) is 26.9 Å². The molecule has 0 fully saturated rings. The zero-order valence-electron chi connectivity index (χ0n) is 10.5. The van der Waals surface area contributed by atoms with Gasteiger partial charge in [0.25, 0.3) is 0 Å². The summed E-state index contributed by atoms with van der Waals surface area (Å²) in [4.78, 5) is 2.40. The Labute approximate surface area is 138 Å². The van der Waals surface area contributed by atoms with Crippen LogP contribution < -0.4 is 5.73 Å². The summed E-state index contributed by atoms with van der Waals surface area (Å²) >= 11 is 12.8. The third kappa shape index (κ3) is 2.66. The molecule has 0 spiro atoms. The van der Waals surface area contributed by atoms with Gasteiger partial charge in [-0.2, -0.15) is 11.8 Å². The average molecular weight is 393 g/mol. The van der Waals surface area contributed by atoms with Crippen molar-refractivity contribution < 1.29 is 4.39 Å². The van der Waals surface area contributed by atoms with E-state index in [1.807, 2.05) is 11.8 Å². The van der Waals surface area contributed by atoms with Crippen molar-refractivity contribution in [1.82, 2.24) is 0 Å². The second kappa shape index (κ2) is 5.97. The highest BCUT2D eigenvalue weighted by Gasteiger charge is 2.22. The molecule has 1 aliphatic heterocycles. The van der Waals surface area contributed by atoms with Gasteiger partial charge in [0.05, 0.1) is 11.1 Å². The molecule has 6 heteroatoms. The van der Waals surface area contributed by atoms with Crippen molar-refractivity contribution in [2.45, 2.75) is 18.2 Å². The lowest BCUT2D eigenvalue weighted by molar-refractivity contribution is 0.600. The Morgan fingerprint density at radius 1 is 1.40 bits per heavy atom. The molecule has 0 aliphatic carbocycles. The van der Waals surface area contributed by atoms with Gasteiger partial charge in [-0.05, 0) is 45.8 Å². The quantitative estimate of drug-likeness (QED) is 0.716. The average Bonchev–Trinajstić information content (AvgIpc) is 2.88. The fourth-order valence-electron chi connectivity index (χ4n) is 2.26. The lowest BCUT2D eigenvalue weighted by Crippen LogP contribution is -2.12. The summed E-state index contributed by atoms with van der Waals surface area (Å²) in [6.07, 6.45) is 1.08. The van der Waals surface area contributed by atoms with Gasteiger partial charge in [0.1, 0.15) is 5.82 Å². The third-order valence-electron chi connectivity index (χ3n) is 3.35. The van der Waals surface area contributed by atoms with Gasteiger partial charge in [0.2, 0.25) is 0 Å². The topological polar surface area (TPSA) is 26.0 Å². The lowest BCUT2D eigenvalue weighted by atomic mass is 10.0. The van der Waals surface area contributed by atoms with Gasteiger partial charge in [-0.1, -0.05) is 17.7 Å². The summed E-state index contributed by atoms with van der Waals surface area (Å²) in [6.45, 7) is 0. The predicted octanol–water partition coefficient (Wildman–Crippen LogP) is 5.14. The van der Waals surface area contributed by atoms with Crippen LogP contribution in [-0.2, 0) is 12.2 Å². The van der Waals surface area contributed by atoms with Gasteiger partial charge in [0.15, 0.2) is 0 Å². The number of thiophene rings is 1. The Balaban J connectivity index is 1.98. The van der Waals surface area contributed by atoms with E-state index in [2.05, 4.69) is 22.0 Å². The first-order valence-corrected chi connectivity index (χ1v) is 9.30. The van der Waals surface area contributed by atoms with Gasteiger partial charge in [-0.25, -0.2) is 4.39 Å². The zero-order chi connectivity index (χ0) is 14.3. The van der Waals surface area contributed by atoms with E-state index in [-0.39, 0.29) is 5.02 Å². The van der Waals surface area contributed by atoms with E-state index < -0.39 is 11.9 Å². The first-order chi connectivity index (χ1) is 9.58. The van der Waals surface area contributed by atoms with Crippen molar-refractivity contribution in [3.05, 3.63) is 54.4 Å². The van der Waals surface area contributed by atoms with Crippen LogP contribution in [0.2, 0.25) is 5.02 Å². The molecule has 0 radical (unpaired) electrons. The molecule has 106 valence electrons. The highest BCUT2D eigenvalue weighted by atomic mass is 79.9. The Morgan fingerprint density at radius 3 is 2.95 bits per heavy atom. The molecule has 2 heterocycles. The molecule has 1 aromatic carbocycles. The zero-order valence-corrected chi connectivity index (χ0v) is 14.4. The molecule has 0 saturated carbocycles. The van der Waals surface area contributed by atoms with E-state index in [0.29, 0.717) is 10.0 Å². The number of thioether (sulfide) groups is 1. The van der Waals surface area contributed by atoms with Crippen molar-refractivity contribution in [2.24, 2.45) is 5.73 Å². The van der Waals surface area contributed by atoms with Crippen LogP contribution in [0, 0.1) is 5.82 Å². The highest BCUT2D eigenvalue weighted by Crippen LogP contribution is 2.38. The first kappa shape index (κ1) is 14.9. The fourth-order valence-corrected chi connectivity index (χ4v) is 5.13. The van der Waals surface area contributed by atoms with Crippen LogP contribution in [0.5, 0.6) is 0 Å². The summed E-state index contributed by atoms with van der Waals surface area (Å²) in [6, 6.07) is 5.10. The minimum Gasteiger partial charge on any atom is -0.320 e. The first-order valence-electron chi connectivity index (χ1n) is 6.16. The molecule has 1 aliphatic rings. The van der Waals surface area contributed by atoms with Gasteiger partial charge in [0, 0.05) is 25.5 Å². The van der Waals surface area contributed by atoms with Crippen LogP contribution in [0.4, 0.5) is 4.39 Å². The molecule has 3 rings (SSSR count). The number of aryl methyl sites for hydroxylation is 1. The van der Waals surface area contributed by atoms with E-state index in [4.69, 9.17) is 17.3 Å². The van der Waals surface area contributed by atoms with E-state index >= 15 is 0 Å². The number of fused-ring (bicyclic) bond motifs is 1. The maximum atomic E-state index is 14.2. The van der Waals surface area contributed by atoms with E-state index in [9.17, 15) is 4.39 Å². The summed E-state index contributed by atoms with van der Waals surface area (Å²) in [5.41, 5.74) is 8.03. The molecule has 1 nitrogen and oxygen atoms in total. The van der Waals surface area contributed by atoms with Crippen LogP contribution in [0.15, 0.2) is 22.7 Å². The maximum absolute atomic E-state index is 14.2. The van der Waals surface area contributed by atoms with Crippen LogP contribution in [-0.4, -0.2) is 5.75 Å². The maximum Gasteiger partial charge on any atom is 0.148 e. The molecular formula is C14H12BrClFNS2. The van der Waals surface area contributed by atoms with Gasteiger partial charge in [-0.15, -0.1) is 11.3 Å². The van der Waals surface area contributed by atoms with E-state index in [1.165, 1.54) is 10.4 Å². The molecule has 20 heavy (non-hydrogen) atoms. The number of rotatable bonds is 2. The Hall–Kier alpha value is -0.0700. The van der Waals surface area contributed by atoms with Crippen molar-refractivity contribution in [3.8, 4) is 0 Å². The minimum atomic E-state index is -0.457. The number of halogens is 3. The summed E-state index contributed by atoms with van der Waals surface area (Å²) < 4.78 is 14.8. The second-order valence-electron chi connectivity index (χ2n) is 4.64. The molecule has 0 amide bonds. The monoisotopic (exact) mass is 391 g/mol. The largest absolute Gasteiger partial charge is 0.320 e. The second-order valence-corrected chi connectivity index (χ2v) is 8.15. The fraction of sp³-hybridized carbons (Fsp3) is 0.286. The SMILES string of the molecule is NC(c1cc2c(s1)CCSC2)c1ccc(Br)c(Cl)c1F. The van der Waals surface area contributed by atoms with Crippen molar-refractivity contribution in [3.63, 3.8) is 0 Å². The highest BCUT2D eigenvalue weighted by molar-refractivity contribution is 9.10. The summed E-state index contributed by atoms with van der Waals surface area (Å²) in [5, 5.41) is 0.0924. The number of hydrogen-bond donors (Lipinski definition) is 1. The van der Waals surface area contributed by atoms with Gasteiger partial charge < -0.3 is 5.73 Å². The van der Waals surface area contributed by atoms with Crippen molar-refractivity contribution in [2.75, 3.05) is 5.75 Å². The predicted molar refractivity (Wildman–Crippen MR) is 89.3 cm³/mol. The Kier molecular flexibility index (Phi) is 4.43. The number of benzene rings is 1. The summed E-state index contributed by atoms with van der Waals surface area (Å²) in [7, 11) is 0. The third-order valence-corrected chi connectivity index (χ3v) is 6.94. The smallest absolute Gasteiger partial charge is 0.148 e. The number of hydrogen-bond acceptors (Lipinski definition) is 3. The van der Waals surface area contributed by atoms with E-state index in [0.717, 1.165) is 22.8 Å². The van der Waals surface area contributed by atoms with Gasteiger partial charge >= 0.3 is 0 Å². The van der Waals surface area contributed by atoms with Gasteiger partial charge in [-0.3, -0.25) is 0 Å². The molecule has 1 aromatic heterocycles. The molecule has 1 unspecified atom stereocenters. The molecule has 0 saturated heterocycles. The van der Waals surface area contributed by atoms with Crippen molar-refractivity contribution in [1.29, 1.82) is 0 Å². The lowest BCUT2D eigenvalue weighted by Gasteiger charge is -2.12. The van der Waals surface area contributed by atoms with Crippen molar-refractivity contribution >= 4 is 50.6 Å². The molecule has 2 N–H and O–H groups in total. The summed E-state index contributed by atoms with van der Waals surface area (Å²) in [5.74, 6) is 1.75. The minimum absolute atomic E-state index is 0.0924. The Bertz CT molecular complexity index is 635. The molecule has 2 aromatic rings. The van der Waals surface area contributed by atoms with Crippen LogP contribution in [0.25, 0.3) is 0 Å². The standard InChI is InChI=1S/C14H12BrClFNS2/c15-9-2-1-8(13(17)12(9)16)14(18)11-5-7-6-19-4-3-10(7)20-11/h1-2,5,14H,3-4,6,18H2. The van der Waals surface area contributed by atoms with E-state index in [1.54, 1.807) is 23.5 Å². The van der Waals surface area contributed by atoms with Crippen LogP contribution >= 0.6 is 50.6 Å². The Morgan fingerprint density at radius 2 is 2.20 bits per heavy atom. The number of nitrogens with two attached hydrogens (primary N) is 1. The molecule has 1 atom stereocenters. The molecule has 0 bridgehead atoms. The molecular weight excluding hydrogens is 381 g/mol. The van der Waals surface area contributed by atoms with Crippen LogP contribution in [0.3, 0.4) is 0 Å².